The highest BCUT2D eigenvalue weighted by Gasteiger charge is 2.22. The normalized spacial score (nSPS) is 11.2. The van der Waals surface area contributed by atoms with Gasteiger partial charge in [-0.05, 0) is 37.3 Å². The summed E-state index contributed by atoms with van der Waals surface area (Å²) in [5, 5.41) is 3.10. The fourth-order valence-electron chi connectivity index (χ4n) is 2.36. The average Bonchev–Trinajstić information content (AvgIpc) is 2.68. The topological polar surface area (TPSA) is 109 Å². The van der Waals surface area contributed by atoms with Crippen molar-refractivity contribution in [3.8, 4) is 0 Å². The molecule has 0 bridgehead atoms. The van der Waals surface area contributed by atoms with E-state index in [0.29, 0.717) is 5.69 Å². The Morgan fingerprint density at radius 1 is 1.21 bits per heavy atom. The summed E-state index contributed by atoms with van der Waals surface area (Å²) >= 11 is 6.82. The lowest BCUT2D eigenvalue weighted by Crippen LogP contribution is -2.20. The zero-order valence-corrected chi connectivity index (χ0v) is 17.6. The number of amides is 1. The molecule has 0 fully saturated rings. The van der Waals surface area contributed by atoms with E-state index in [1.54, 1.807) is 12.1 Å². The molecule has 150 valence electrons. The minimum Gasteiger partial charge on any atom is -0.325 e. The molecule has 0 unspecified atom stereocenters. The van der Waals surface area contributed by atoms with Crippen LogP contribution in [0.25, 0.3) is 0 Å². The molecule has 0 aliphatic carbocycles. The molecule has 2 aromatic carbocycles. The van der Waals surface area contributed by atoms with Crippen molar-refractivity contribution in [2.24, 2.45) is 0 Å². The van der Waals surface area contributed by atoms with Crippen molar-refractivity contribution in [2.75, 3.05) is 11.1 Å². The molecule has 3 aromatic rings. The molecule has 0 aliphatic rings. The van der Waals surface area contributed by atoms with E-state index in [9.17, 15) is 18.0 Å². The number of aromatic nitrogens is 2. The lowest BCUT2D eigenvalue weighted by molar-refractivity contribution is -0.113. The molecule has 3 rings (SSSR count). The summed E-state index contributed by atoms with van der Waals surface area (Å²) in [4.78, 5) is 30.1. The lowest BCUT2D eigenvalue weighted by atomic mass is 10.2. The second-order valence-electron chi connectivity index (χ2n) is 6.05. The Balaban J connectivity index is 1.70. The maximum Gasteiger partial charge on any atom is 0.270 e. The molecule has 0 saturated carbocycles. The highest BCUT2D eigenvalue weighted by Crippen LogP contribution is 2.21. The molecule has 10 heteroatoms. The van der Waals surface area contributed by atoms with Crippen LogP contribution in [-0.2, 0) is 14.6 Å². The Bertz CT molecular complexity index is 1210. The van der Waals surface area contributed by atoms with Gasteiger partial charge in [0.05, 0.1) is 16.8 Å². The number of H-pyrrole nitrogens is 1. The highest BCUT2D eigenvalue weighted by atomic mass is 35.5. The van der Waals surface area contributed by atoms with E-state index in [2.05, 4.69) is 15.3 Å². The Morgan fingerprint density at radius 2 is 1.93 bits per heavy atom. The summed E-state index contributed by atoms with van der Waals surface area (Å²) in [5.74, 6) is -0.283. The number of nitrogens with one attached hydrogen (secondary N) is 2. The van der Waals surface area contributed by atoms with Crippen molar-refractivity contribution in [3.63, 3.8) is 0 Å². The van der Waals surface area contributed by atoms with Crippen LogP contribution >= 0.6 is 23.4 Å². The molecule has 29 heavy (non-hydrogen) atoms. The zero-order valence-electron chi connectivity index (χ0n) is 15.2. The van der Waals surface area contributed by atoms with Crippen molar-refractivity contribution < 1.29 is 13.2 Å². The van der Waals surface area contributed by atoms with Crippen LogP contribution in [-0.4, -0.2) is 30.0 Å². The smallest absolute Gasteiger partial charge is 0.270 e. The minimum atomic E-state index is -4.06. The molecule has 0 aliphatic heterocycles. The number of benzene rings is 2. The van der Waals surface area contributed by atoms with Crippen LogP contribution in [0.15, 0.2) is 74.5 Å². The van der Waals surface area contributed by atoms with Gasteiger partial charge in [-0.15, -0.1) is 0 Å². The molecule has 0 spiro atoms. The zero-order chi connectivity index (χ0) is 21.0. The number of nitrogens with zero attached hydrogens (tertiary/aromatic N) is 1. The van der Waals surface area contributed by atoms with Gasteiger partial charge in [-0.3, -0.25) is 9.59 Å². The van der Waals surface area contributed by atoms with Gasteiger partial charge in [-0.25, -0.2) is 13.4 Å². The summed E-state index contributed by atoms with van der Waals surface area (Å²) in [6.45, 7) is 1.94. The predicted octanol–water partition coefficient (Wildman–Crippen LogP) is 3.30. The van der Waals surface area contributed by atoms with E-state index in [-0.39, 0.29) is 26.7 Å². The molecule has 2 N–H and O–H groups in total. The number of aryl methyl sites for hydroxylation is 1. The summed E-state index contributed by atoms with van der Waals surface area (Å²) in [7, 11) is -4.06. The number of sulfone groups is 1. The van der Waals surface area contributed by atoms with E-state index in [4.69, 9.17) is 11.6 Å². The third-order valence-corrected chi connectivity index (χ3v) is 6.68. The van der Waals surface area contributed by atoms with Crippen molar-refractivity contribution in [1.29, 1.82) is 0 Å². The Labute approximate surface area is 176 Å². The van der Waals surface area contributed by atoms with Crippen molar-refractivity contribution in [3.05, 3.63) is 75.7 Å². The number of halogens is 1. The number of anilines is 1. The Hall–Kier alpha value is -2.62. The van der Waals surface area contributed by atoms with Crippen LogP contribution in [0.4, 0.5) is 5.69 Å². The fourth-order valence-corrected chi connectivity index (χ4v) is 4.53. The largest absolute Gasteiger partial charge is 0.325 e. The van der Waals surface area contributed by atoms with Gasteiger partial charge in [0, 0.05) is 10.7 Å². The minimum absolute atomic E-state index is 0.00277. The first kappa shape index (κ1) is 21.1. The molecule has 1 aromatic heterocycles. The molecule has 1 amide bonds. The van der Waals surface area contributed by atoms with Gasteiger partial charge in [0.25, 0.3) is 5.56 Å². The van der Waals surface area contributed by atoms with Crippen molar-refractivity contribution >= 4 is 44.8 Å². The SMILES string of the molecule is Cc1ccc(NC(=O)CSc2ncc(S(=O)(=O)c3cccc(Cl)c3)c(=O)[nH]2)cc1. The van der Waals surface area contributed by atoms with Gasteiger partial charge in [0.2, 0.25) is 15.7 Å². The van der Waals surface area contributed by atoms with Crippen LogP contribution in [0.2, 0.25) is 5.02 Å². The Morgan fingerprint density at radius 3 is 2.59 bits per heavy atom. The summed E-state index contributed by atoms with van der Waals surface area (Å²) in [6.07, 6.45) is 0.981. The number of aromatic amines is 1. The standard InChI is InChI=1S/C19H16ClN3O4S2/c1-12-5-7-14(8-6-12)22-17(24)11-28-19-21-10-16(18(25)23-19)29(26,27)15-4-2-3-13(20)9-15/h2-10H,11H2,1H3,(H,22,24)(H,21,23,25). The van der Waals surface area contributed by atoms with E-state index < -0.39 is 20.3 Å². The van der Waals surface area contributed by atoms with Crippen LogP contribution in [0.5, 0.6) is 0 Å². The molecule has 7 nitrogen and oxygen atoms in total. The van der Waals surface area contributed by atoms with Gasteiger partial charge >= 0.3 is 0 Å². The van der Waals surface area contributed by atoms with Gasteiger partial charge in [0.15, 0.2) is 10.1 Å². The molecule has 0 atom stereocenters. The lowest BCUT2D eigenvalue weighted by Gasteiger charge is -2.06. The summed E-state index contributed by atoms with van der Waals surface area (Å²) in [6, 6.07) is 12.9. The number of thioether (sulfide) groups is 1. The maximum atomic E-state index is 12.6. The Kier molecular flexibility index (Phi) is 6.41. The third-order valence-electron chi connectivity index (χ3n) is 3.81. The first-order valence-corrected chi connectivity index (χ1v) is 11.2. The predicted molar refractivity (Wildman–Crippen MR) is 112 cm³/mol. The van der Waals surface area contributed by atoms with Crippen molar-refractivity contribution in [2.45, 2.75) is 21.9 Å². The van der Waals surface area contributed by atoms with E-state index in [1.165, 1.54) is 24.3 Å². The first-order chi connectivity index (χ1) is 13.8. The van der Waals surface area contributed by atoms with Crippen LogP contribution < -0.4 is 10.9 Å². The highest BCUT2D eigenvalue weighted by molar-refractivity contribution is 7.99. The van der Waals surface area contributed by atoms with Gasteiger partial charge in [-0.2, -0.15) is 0 Å². The summed E-state index contributed by atoms with van der Waals surface area (Å²) < 4.78 is 25.2. The number of carbonyl (C=O) groups excluding carboxylic acids is 1. The van der Waals surface area contributed by atoms with Crippen LogP contribution in [0.1, 0.15) is 5.56 Å². The van der Waals surface area contributed by atoms with E-state index >= 15 is 0 Å². The first-order valence-electron chi connectivity index (χ1n) is 8.35. The second kappa shape index (κ2) is 8.81. The van der Waals surface area contributed by atoms with Gasteiger partial charge in [0.1, 0.15) is 0 Å². The average molecular weight is 450 g/mol. The quantitative estimate of drug-likeness (QED) is 0.441. The monoisotopic (exact) mass is 449 g/mol. The number of rotatable bonds is 6. The summed E-state index contributed by atoms with van der Waals surface area (Å²) in [5.41, 5.74) is 0.916. The van der Waals surface area contributed by atoms with Crippen LogP contribution in [0, 0.1) is 6.92 Å². The number of hydrogen-bond donors (Lipinski definition) is 2. The molecular weight excluding hydrogens is 434 g/mol. The third kappa shape index (κ3) is 5.26. The van der Waals surface area contributed by atoms with E-state index in [1.807, 2.05) is 19.1 Å². The fraction of sp³-hybridized carbons (Fsp3) is 0.105. The molecule has 1 heterocycles. The maximum absolute atomic E-state index is 12.6. The van der Waals surface area contributed by atoms with Crippen LogP contribution in [0.3, 0.4) is 0 Å². The van der Waals surface area contributed by atoms with E-state index in [0.717, 1.165) is 23.5 Å². The molecular formula is C19H16ClN3O4S2. The van der Waals surface area contributed by atoms with Gasteiger partial charge in [-0.1, -0.05) is 47.1 Å². The number of carbonyl (C=O) groups is 1. The molecule has 0 saturated heterocycles. The van der Waals surface area contributed by atoms with Crippen molar-refractivity contribution in [1.82, 2.24) is 9.97 Å². The second-order valence-corrected chi connectivity index (χ2v) is 9.36. The van der Waals surface area contributed by atoms with Gasteiger partial charge < -0.3 is 10.3 Å². The number of hydrogen-bond acceptors (Lipinski definition) is 6. The molecule has 0 radical (unpaired) electrons.